The number of carbonyl (C=O) groups is 2. The van der Waals surface area contributed by atoms with Crippen molar-refractivity contribution in [1.29, 1.82) is 0 Å². The third-order valence-corrected chi connectivity index (χ3v) is 5.12. The van der Waals surface area contributed by atoms with Crippen molar-refractivity contribution in [3.8, 4) is 11.1 Å². The lowest BCUT2D eigenvalue weighted by atomic mass is 10.0. The van der Waals surface area contributed by atoms with E-state index in [1.54, 1.807) is 0 Å². The van der Waals surface area contributed by atoms with Gasteiger partial charge < -0.3 is 19.3 Å². The molecular formula is C21H20F2N2O6. The van der Waals surface area contributed by atoms with Crippen LogP contribution in [0.5, 0.6) is 0 Å². The van der Waals surface area contributed by atoms with Crippen LogP contribution in [0.1, 0.15) is 0 Å². The molecular weight excluding hydrogens is 414 g/mol. The van der Waals surface area contributed by atoms with Gasteiger partial charge in [0.25, 0.3) is 0 Å². The summed E-state index contributed by atoms with van der Waals surface area (Å²) in [5.41, 5.74) is 0.534. The van der Waals surface area contributed by atoms with Crippen molar-refractivity contribution in [2.24, 2.45) is 0 Å². The minimum absolute atomic E-state index is 0.000306. The highest BCUT2D eigenvalue weighted by Gasteiger charge is 2.34. The Morgan fingerprint density at radius 3 is 1.84 bits per heavy atom. The molecule has 0 aromatic heterocycles. The summed E-state index contributed by atoms with van der Waals surface area (Å²) in [5.74, 6) is -1.45. The van der Waals surface area contributed by atoms with Gasteiger partial charge in [0, 0.05) is 18.2 Å². The van der Waals surface area contributed by atoms with E-state index in [1.807, 2.05) is 0 Å². The molecule has 0 saturated carbocycles. The Morgan fingerprint density at radius 2 is 1.42 bits per heavy atom. The largest absolute Gasteiger partial charge is 0.441 e. The standard InChI is InChI=1S/C21H20F2N2O6/c1-29-11-15-9-25(21(28)31-15)13-3-5-17(19(23)7-13)16-4-2-12(6-18(16)22)24-8-14(10-26)30-20(24)27/h2-7,14-15,26H,8-11H2,1H3/t14-,15-/m1/s1. The molecule has 0 spiro atoms. The van der Waals surface area contributed by atoms with E-state index in [0.717, 1.165) is 12.1 Å². The zero-order chi connectivity index (χ0) is 22.1. The van der Waals surface area contributed by atoms with E-state index in [1.165, 1.54) is 41.2 Å². The number of nitrogens with zero attached hydrogens (tertiary/aromatic N) is 2. The lowest BCUT2D eigenvalue weighted by molar-refractivity contribution is 0.0718. The summed E-state index contributed by atoms with van der Waals surface area (Å²) in [4.78, 5) is 26.4. The summed E-state index contributed by atoms with van der Waals surface area (Å²) in [5, 5.41) is 9.13. The first-order valence-corrected chi connectivity index (χ1v) is 9.56. The van der Waals surface area contributed by atoms with Gasteiger partial charge in [-0.2, -0.15) is 0 Å². The number of ether oxygens (including phenoxy) is 3. The summed E-state index contributed by atoms with van der Waals surface area (Å²) >= 11 is 0. The normalized spacial score (nSPS) is 20.9. The van der Waals surface area contributed by atoms with Gasteiger partial charge in [-0.3, -0.25) is 9.80 Å². The molecule has 2 amide bonds. The lowest BCUT2D eigenvalue weighted by Crippen LogP contribution is -2.25. The van der Waals surface area contributed by atoms with E-state index < -0.39 is 36.0 Å². The highest BCUT2D eigenvalue weighted by atomic mass is 19.1. The minimum Gasteiger partial charge on any atom is -0.441 e. The maximum atomic E-state index is 14.8. The van der Waals surface area contributed by atoms with Crippen molar-refractivity contribution in [2.45, 2.75) is 12.2 Å². The number of aliphatic hydroxyl groups excluding tert-OH is 1. The molecule has 0 radical (unpaired) electrons. The van der Waals surface area contributed by atoms with Crippen LogP contribution in [-0.4, -0.2) is 62.9 Å². The molecule has 31 heavy (non-hydrogen) atoms. The molecule has 2 aromatic rings. The number of carbonyl (C=O) groups excluding carboxylic acids is 2. The van der Waals surface area contributed by atoms with Crippen LogP contribution in [0.3, 0.4) is 0 Å². The number of halogens is 2. The van der Waals surface area contributed by atoms with Crippen LogP contribution >= 0.6 is 0 Å². The second-order valence-corrected chi connectivity index (χ2v) is 7.20. The molecule has 4 rings (SSSR count). The molecule has 2 aliphatic rings. The summed E-state index contributed by atoms with van der Waals surface area (Å²) in [6.45, 7) is 0.198. The average Bonchev–Trinajstić information content (AvgIpc) is 3.30. The van der Waals surface area contributed by atoms with Crippen molar-refractivity contribution in [3.05, 3.63) is 48.0 Å². The quantitative estimate of drug-likeness (QED) is 0.752. The summed E-state index contributed by atoms with van der Waals surface area (Å²) in [6, 6.07) is 7.97. The smallest absolute Gasteiger partial charge is 0.414 e. The van der Waals surface area contributed by atoms with E-state index >= 15 is 0 Å². The molecule has 2 fully saturated rings. The number of rotatable bonds is 6. The predicted molar refractivity (Wildman–Crippen MR) is 106 cm³/mol. The number of amides is 2. The fourth-order valence-corrected chi connectivity index (χ4v) is 3.61. The Kier molecular flexibility index (Phi) is 5.75. The van der Waals surface area contributed by atoms with Gasteiger partial charge in [-0.05, 0) is 36.4 Å². The highest BCUT2D eigenvalue weighted by molar-refractivity contribution is 5.91. The van der Waals surface area contributed by atoms with Crippen molar-refractivity contribution in [2.75, 3.05) is 43.2 Å². The Balaban J connectivity index is 1.56. The molecule has 0 unspecified atom stereocenters. The van der Waals surface area contributed by atoms with Gasteiger partial charge in [-0.15, -0.1) is 0 Å². The molecule has 2 heterocycles. The predicted octanol–water partition coefficient (Wildman–Crippen LogP) is 2.92. The van der Waals surface area contributed by atoms with Crippen LogP contribution in [0.2, 0.25) is 0 Å². The average molecular weight is 434 g/mol. The molecule has 0 bridgehead atoms. The number of cyclic esters (lactones) is 2. The molecule has 1 N–H and O–H groups in total. The van der Waals surface area contributed by atoms with Crippen molar-refractivity contribution < 1.29 is 37.7 Å². The van der Waals surface area contributed by atoms with Crippen LogP contribution in [-0.2, 0) is 14.2 Å². The Labute approximate surface area is 176 Å². The molecule has 2 atom stereocenters. The third-order valence-electron chi connectivity index (χ3n) is 5.12. The molecule has 10 heteroatoms. The Bertz CT molecular complexity index is 1020. The van der Waals surface area contributed by atoms with Gasteiger partial charge in [0.2, 0.25) is 0 Å². The number of aliphatic hydroxyl groups is 1. The van der Waals surface area contributed by atoms with Gasteiger partial charge >= 0.3 is 12.2 Å². The fraction of sp³-hybridized carbons (Fsp3) is 0.333. The number of methoxy groups -OCH3 is 1. The van der Waals surface area contributed by atoms with Gasteiger partial charge in [0.1, 0.15) is 23.8 Å². The molecule has 164 valence electrons. The second-order valence-electron chi connectivity index (χ2n) is 7.20. The molecule has 8 nitrogen and oxygen atoms in total. The maximum absolute atomic E-state index is 14.8. The molecule has 2 aliphatic heterocycles. The zero-order valence-electron chi connectivity index (χ0n) is 16.6. The number of benzene rings is 2. The van der Waals surface area contributed by atoms with Crippen LogP contribution in [0.25, 0.3) is 11.1 Å². The summed E-state index contributed by atoms with van der Waals surface area (Å²) < 4.78 is 44.7. The number of hydrogen-bond acceptors (Lipinski definition) is 6. The van der Waals surface area contributed by atoms with E-state index in [4.69, 9.17) is 19.3 Å². The first-order chi connectivity index (χ1) is 14.9. The Hall–Kier alpha value is -3.24. The van der Waals surface area contributed by atoms with E-state index in [-0.39, 0.29) is 48.8 Å². The van der Waals surface area contributed by atoms with Crippen LogP contribution in [0.15, 0.2) is 36.4 Å². The first kappa shape index (κ1) is 21.0. The summed E-state index contributed by atoms with van der Waals surface area (Å²) in [7, 11) is 1.49. The topological polar surface area (TPSA) is 88.5 Å². The van der Waals surface area contributed by atoms with Crippen molar-refractivity contribution in [3.63, 3.8) is 0 Å². The first-order valence-electron chi connectivity index (χ1n) is 9.56. The van der Waals surface area contributed by atoms with Gasteiger partial charge in [-0.1, -0.05) is 0 Å². The second kappa shape index (κ2) is 8.48. The lowest BCUT2D eigenvalue weighted by Gasteiger charge is -2.16. The molecule has 0 aliphatic carbocycles. The van der Waals surface area contributed by atoms with E-state index in [0.29, 0.717) is 0 Å². The van der Waals surface area contributed by atoms with Crippen LogP contribution in [0, 0.1) is 11.6 Å². The van der Waals surface area contributed by atoms with Gasteiger partial charge in [0.05, 0.1) is 37.7 Å². The highest BCUT2D eigenvalue weighted by Crippen LogP contribution is 2.33. The zero-order valence-corrected chi connectivity index (χ0v) is 16.6. The van der Waals surface area contributed by atoms with E-state index in [2.05, 4.69) is 0 Å². The SMILES string of the molecule is COC[C@H]1CN(c2ccc(-c3ccc(N4C[C@H](CO)OC4=O)cc3F)c(F)c2)C(=O)O1. The van der Waals surface area contributed by atoms with E-state index in [9.17, 15) is 18.4 Å². The molecule has 2 aromatic carbocycles. The molecule has 2 saturated heterocycles. The van der Waals surface area contributed by atoms with Gasteiger partial charge in [0.15, 0.2) is 0 Å². The number of hydrogen-bond donors (Lipinski definition) is 1. The van der Waals surface area contributed by atoms with Crippen molar-refractivity contribution in [1.82, 2.24) is 0 Å². The minimum atomic E-state index is -0.731. The maximum Gasteiger partial charge on any atom is 0.414 e. The fourth-order valence-electron chi connectivity index (χ4n) is 3.61. The van der Waals surface area contributed by atoms with Gasteiger partial charge in [-0.25, -0.2) is 18.4 Å². The Morgan fingerprint density at radius 1 is 0.935 bits per heavy atom. The van der Waals surface area contributed by atoms with Crippen LogP contribution < -0.4 is 9.80 Å². The van der Waals surface area contributed by atoms with Crippen LogP contribution in [0.4, 0.5) is 29.7 Å². The van der Waals surface area contributed by atoms with Crippen molar-refractivity contribution >= 4 is 23.6 Å². The monoisotopic (exact) mass is 434 g/mol. The third kappa shape index (κ3) is 4.04. The summed E-state index contributed by atoms with van der Waals surface area (Å²) in [6.07, 6.45) is -2.43. The number of anilines is 2.